The van der Waals surface area contributed by atoms with Crippen LogP contribution in [0.2, 0.25) is 0 Å². The van der Waals surface area contributed by atoms with Gasteiger partial charge in [0, 0.05) is 24.5 Å². The summed E-state index contributed by atoms with van der Waals surface area (Å²) in [5.41, 5.74) is 3.41. The van der Waals surface area contributed by atoms with Gasteiger partial charge in [-0.1, -0.05) is 25.1 Å². The number of hydrogen-bond acceptors (Lipinski definition) is 4. The summed E-state index contributed by atoms with van der Waals surface area (Å²) in [4.78, 5) is 8.61. The van der Waals surface area contributed by atoms with E-state index in [1.807, 2.05) is 26.2 Å². The number of nitrogens with zero attached hydrogens (tertiary/aromatic N) is 2. The Balaban J connectivity index is 2.33. The zero-order valence-electron chi connectivity index (χ0n) is 11.0. The number of hydrogen-bond donors (Lipinski definition) is 2. The van der Waals surface area contributed by atoms with E-state index in [2.05, 4.69) is 45.7 Å². The normalized spacial score (nSPS) is 10.2. The van der Waals surface area contributed by atoms with Gasteiger partial charge >= 0.3 is 0 Å². The Kier molecular flexibility index (Phi) is 3.77. The third-order valence-electron chi connectivity index (χ3n) is 2.85. The monoisotopic (exact) mass is 242 g/mol. The highest BCUT2D eigenvalue weighted by Crippen LogP contribution is 2.22. The highest BCUT2D eigenvalue weighted by molar-refractivity contribution is 5.63. The van der Waals surface area contributed by atoms with Crippen LogP contribution < -0.4 is 10.6 Å². The molecule has 0 radical (unpaired) electrons. The quantitative estimate of drug-likeness (QED) is 0.864. The molecule has 4 nitrogen and oxygen atoms in total. The van der Waals surface area contributed by atoms with Crippen LogP contribution in [-0.2, 0) is 6.42 Å². The molecule has 2 rings (SSSR count). The molecule has 0 fully saturated rings. The summed E-state index contributed by atoms with van der Waals surface area (Å²) in [5.74, 6) is 1.47. The summed E-state index contributed by atoms with van der Waals surface area (Å²) in [6.07, 6.45) is 2.81. The summed E-state index contributed by atoms with van der Waals surface area (Å²) in [7, 11) is 1.81. The van der Waals surface area contributed by atoms with E-state index in [4.69, 9.17) is 0 Å². The molecule has 1 aromatic carbocycles. The molecule has 0 aliphatic rings. The van der Waals surface area contributed by atoms with Crippen molar-refractivity contribution in [2.24, 2.45) is 0 Å². The Hall–Kier alpha value is -2.10. The molecule has 2 aromatic rings. The van der Waals surface area contributed by atoms with Crippen LogP contribution in [0.1, 0.15) is 18.1 Å². The smallest absolute Gasteiger partial charge is 0.224 e. The van der Waals surface area contributed by atoms with E-state index in [0.717, 1.165) is 23.5 Å². The molecule has 4 heteroatoms. The van der Waals surface area contributed by atoms with Gasteiger partial charge in [-0.3, -0.25) is 0 Å². The molecule has 0 amide bonds. The van der Waals surface area contributed by atoms with Crippen molar-refractivity contribution in [2.75, 3.05) is 17.7 Å². The predicted molar refractivity (Wildman–Crippen MR) is 75.4 cm³/mol. The van der Waals surface area contributed by atoms with Gasteiger partial charge in [0.05, 0.1) is 0 Å². The standard InChI is InChI=1S/C14H18N4/c1-4-11-7-5-6-8-12(11)17-13-10(2)9-16-14(15-3)18-13/h5-9H,4H2,1-3H3,(H2,15,16,17,18). The molecule has 0 saturated heterocycles. The van der Waals surface area contributed by atoms with E-state index in [1.54, 1.807) is 0 Å². The van der Waals surface area contributed by atoms with Crippen LogP contribution in [0.3, 0.4) is 0 Å². The van der Waals surface area contributed by atoms with E-state index in [-0.39, 0.29) is 0 Å². The molecule has 94 valence electrons. The average molecular weight is 242 g/mol. The van der Waals surface area contributed by atoms with Gasteiger partial charge in [-0.25, -0.2) is 4.98 Å². The van der Waals surface area contributed by atoms with Crippen molar-refractivity contribution >= 4 is 17.5 Å². The predicted octanol–water partition coefficient (Wildman–Crippen LogP) is 3.13. The van der Waals surface area contributed by atoms with Crippen LogP contribution in [0.15, 0.2) is 30.5 Å². The molecule has 0 atom stereocenters. The first-order valence-corrected chi connectivity index (χ1v) is 6.11. The van der Waals surface area contributed by atoms with Gasteiger partial charge in [-0.15, -0.1) is 0 Å². The summed E-state index contributed by atoms with van der Waals surface area (Å²) in [6.45, 7) is 4.14. The van der Waals surface area contributed by atoms with E-state index < -0.39 is 0 Å². The van der Waals surface area contributed by atoms with Gasteiger partial charge in [0.25, 0.3) is 0 Å². The second-order valence-electron chi connectivity index (χ2n) is 4.11. The lowest BCUT2D eigenvalue weighted by Crippen LogP contribution is -2.03. The molecule has 0 saturated carbocycles. The number of benzene rings is 1. The third kappa shape index (κ3) is 2.59. The van der Waals surface area contributed by atoms with Crippen molar-refractivity contribution in [2.45, 2.75) is 20.3 Å². The highest BCUT2D eigenvalue weighted by Gasteiger charge is 2.05. The van der Waals surface area contributed by atoms with E-state index in [9.17, 15) is 0 Å². The van der Waals surface area contributed by atoms with Crippen LogP contribution >= 0.6 is 0 Å². The maximum absolute atomic E-state index is 4.43. The highest BCUT2D eigenvalue weighted by atomic mass is 15.1. The minimum Gasteiger partial charge on any atom is -0.357 e. The van der Waals surface area contributed by atoms with Crippen LogP contribution in [0.25, 0.3) is 0 Å². The molecular weight excluding hydrogens is 224 g/mol. The Bertz CT molecular complexity index is 537. The number of aromatic nitrogens is 2. The third-order valence-corrected chi connectivity index (χ3v) is 2.85. The molecular formula is C14H18N4. The van der Waals surface area contributed by atoms with Gasteiger partial charge in [0.2, 0.25) is 5.95 Å². The number of aryl methyl sites for hydroxylation is 2. The summed E-state index contributed by atoms with van der Waals surface area (Å²) in [5, 5.41) is 6.32. The fraction of sp³-hybridized carbons (Fsp3) is 0.286. The van der Waals surface area contributed by atoms with E-state index in [1.165, 1.54) is 5.56 Å². The first kappa shape index (κ1) is 12.4. The van der Waals surface area contributed by atoms with Crippen molar-refractivity contribution in [3.05, 3.63) is 41.6 Å². The Morgan fingerprint density at radius 3 is 2.72 bits per heavy atom. The maximum atomic E-state index is 4.43. The number of anilines is 3. The minimum atomic E-state index is 0.622. The lowest BCUT2D eigenvalue weighted by molar-refractivity contribution is 1.11. The van der Waals surface area contributed by atoms with Gasteiger partial charge < -0.3 is 10.6 Å². The fourth-order valence-corrected chi connectivity index (χ4v) is 1.77. The summed E-state index contributed by atoms with van der Waals surface area (Å²) in [6, 6.07) is 8.27. The van der Waals surface area contributed by atoms with E-state index >= 15 is 0 Å². The SMILES string of the molecule is CCc1ccccc1Nc1nc(NC)ncc1C. The molecule has 0 bridgehead atoms. The van der Waals surface area contributed by atoms with Crippen molar-refractivity contribution in [1.82, 2.24) is 9.97 Å². The second-order valence-corrected chi connectivity index (χ2v) is 4.11. The zero-order chi connectivity index (χ0) is 13.0. The van der Waals surface area contributed by atoms with Gasteiger partial charge in [0.15, 0.2) is 0 Å². The number of rotatable bonds is 4. The molecule has 1 heterocycles. The topological polar surface area (TPSA) is 49.8 Å². The molecule has 2 N–H and O–H groups in total. The van der Waals surface area contributed by atoms with Crippen molar-refractivity contribution in [1.29, 1.82) is 0 Å². The van der Waals surface area contributed by atoms with Gasteiger partial charge in [-0.05, 0) is 25.0 Å². The molecule has 0 aliphatic carbocycles. The van der Waals surface area contributed by atoms with Crippen LogP contribution in [0.5, 0.6) is 0 Å². The average Bonchev–Trinajstić information content (AvgIpc) is 2.42. The maximum Gasteiger partial charge on any atom is 0.224 e. The zero-order valence-corrected chi connectivity index (χ0v) is 11.0. The van der Waals surface area contributed by atoms with Crippen LogP contribution in [0.4, 0.5) is 17.5 Å². The molecule has 0 spiro atoms. The first-order valence-electron chi connectivity index (χ1n) is 6.11. The van der Waals surface area contributed by atoms with Gasteiger partial charge in [0.1, 0.15) is 5.82 Å². The molecule has 1 aromatic heterocycles. The second kappa shape index (κ2) is 5.49. The van der Waals surface area contributed by atoms with Crippen LogP contribution in [-0.4, -0.2) is 17.0 Å². The van der Waals surface area contributed by atoms with Crippen molar-refractivity contribution in [3.8, 4) is 0 Å². The van der Waals surface area contributed by atoms with Crippen LogP contribution in [0, 0.1) is 6.92 Å². The number of para-hydroxylation sites is 1. The molecule has 0 aliphatic heterocycles. The fourth-order valence-electron chi connectivity index (χ4n) is 1.77. The summed E-state index contributed by atoms with van der Waals surface area (Å²) < 4.78 is 0. The Morgan fingerprint density at radius 2 is 2.00 bits per heavy atom. The Labute approximate surface area is 107 Å². The first-order chi connectivity index (χ1) is 8.74. The van der Waals surface area contributed by atoms with Crippen molar-refractivity contribution in [3.63, 3.8) is 0 Å². The van der Waals surface area contributed by atoms with Crippen molar-refractivity contribution < 1.29 is 0 Å². The van der Waals surface area contributed by atoms with Gasteiger partial charge in [-0.2, -0.15) is 4.98 Å². The molecule has 18 heavy (non-hydrogen) atoms. The summed E-state index contributed by atoms with van der Waals surface area (Å²) >= 11 is 0. The minimum absolute atomic E-state index is 0.622. The Morgan fingerprint density at radius 1 is 1.22 bits per heavy atom. The van der Waals surface area contributed by atoms with E-state index in [0.29, 0.717) is 5.95 Å². The lowest BCUT2D eigenvalue weighted by Gasteiger charge is -2.12. The molecule has 0 unspecified atom stereocenters. The lowest BCUT2D eigenvalue weighted by atomic mass is 10.1. The number of nitrogens with one attached hydrogen (secondary N) is 2. The largest absolute Gasteiger partial charge is 0.357 e.